The van der Waals surface area contributed by atoms with Crippen LogP contribution in [-0.4, -0.2) is 56.8 Å². The summed E-state index contributed by atoms with van der Waals surface area (Å²) in [5.41, 5.74) is 1.72. The highest BCUT2D eigenvalue weighted by atomic mass is 127. The van der Waals surface area contributed by atoms with E-state index in [9.17, 15) is 8.78 Å². The average molecular weight is 572 g/mol. The van der Waals surface area contributed by atoms with Gasteiger partial charge in [-0.2, -0.15) is 0 Å². The standard InChI is InChI=1S/C25H34F2N4O.HI/c1-28-25(30-15-11-21-9-5-10-23(26)24(21)27)29-14-6-18-32-22-12-16-31(17-13-22)19-20-7-3-2-4-8-20;/h2-5,7-10,22H,6,11-19H2,1H3,(H2,28,29,30);1H. The molecule has 1 saturated heterocycles. The van der Waals surface area contributed by atoms with Crippen LogP contribution in [0.1, 0.15) is 30.4 Å². The third-order valence-electron chi connectivity index (χ3n) is 5.69. The predicted octanol–water partition coefficient (Wildman–Crippen LogP) is 4.36. The predicted molar refractivity (Wildman–Crippen MR) is 140 cm³/mol. The van der Waals surface area contributed by atoms with Crippen molar-refractivity contribution in [2.45, 2.75) is 38.3 Å². The lowest BCUT2D eigenvalue weighted by atomic mass is 10.1. The van der Waals surface area contributed by atoms with Crippen LogP contribution in [0.4, 0.5) is 8.78 Å². The lowest BCUT2D eigenvalue weighted by molar-refractivity contribution is 0.00534. The summed E-state index contributed by atoms with van der Waals surface area (Å²) in [6, 6.07) is 14.8. The number of aliphatic imine (C=N–C) groups is 1. The number of likely N-dealkylation sites (tertiary alicyclic amines) is 1. The minimum absolute atomic E-state index is 0. The zero-order chi connectivity index (χ0) is 22.6. The molecule has 0 aromatic heterocycles. The van der Waals surface area contributed by atoms with Gasteiger partial charge in [-0.1, -0.05) is 42.5 Å². The number of hydrogen-bond donors (Lipinski definition) is 2. The van der Waals surface area contributed by atoms with Crippen LogP contribution >= 0.6 is 24.0 Å². The molecule has 2 N–H and O–H groups in total. The van der Waals surface area contributed by atoms with Gasteiger partial charge in [0.05, 0.1) is 6.10 Å². The Morgan fingerprint density at radius 1 is 1.03 bits per heavy atom. The van der Waals surface area contributed by atoms with Crippen molar-refractivity contribution in [3.63, 3.8) is 0 Å². The maximum Gasteiger partial charge on any atom is 0.190 e. The second kappa shape index (κ2) is 15.2. The monoisotopic (exact) mass is 572 g/mol. The average Bonchev–Trinajstić information content (AvgIpc) is 2.82. The molecule has 0 aliphatic carbocycles. The highest BCUT2D eigenvalue weighted by Crippen LogP contribution is 2.16. The highest BCUT2D eigenvalue weighted by molar-refractivity contribution is 14.0. The molecule has 0 unspecified atom stereocenters. The van der Waals surface area contributed by atoms with Crippen molar-refractivity contribution >= 4 is 29.9 Å². The molecule has 8 heteroatoms. The van der Waals surface area contributed by atoms with E-state index in [0.717, 1.165) is 51.5 Å². The topological polar surface area (TPSA) is 48.9 Å². The van der Waals surface area contributed by atoms with Crippen LogP contribution in [0.15, 0.2) is 53.5 Å². The summed E-state index contributed by atoms with van der Waals surface area (Å²) in [6.07, 6.45) is 3.74. The van der Waals surface area contributed by atoms with Crippen molar-refractivity contribution in [1.29, 1.82) is 0 Å². The van der Waals surface area contributed by atoms with E-state index >= 15 is 0 Å². The highest BCUT2D eigenvalue weighted by Gasteiger charge is 2.19. The van der Waals surface area contributed by atoms with Gasteiger partial charge in [0.25, 0.3) is 0 Å². The summed E-state index contributed by atoms with van der Waals surface area (Å²) in [5, 5.41) is 6.37. The molecule has 2 aromatic rings. The second-order valence-electron chi connectivity index (χ2n) is 8.07. The summed E-state index contributed by atoms with van der Waals surface area (Å²) in [4.78, 5) is 6.66. The molecular weight excluding hydrogens is 537 g/mol. The van der Waals surface area contributed by atoms with Crippen LogP contribution in [0, 0.1) is 11.6 Å². The first kappa shape index (κ1) is 27.5. The number of ether oxygens (including phenoxy) is 1. The maximum absolute atomic E-state index is 13.7. The molecule has 1 heterocycles. The van der Waals surface area contributed by atoms with E-state index in [2.05, 4.69) is 50.9 Å². The van der Waals surface area contributed by atoms with Gasteiger partial charge in [-0.25, -0.2) is 8.78 Å². The number of hydrogen-bond acceptors (Lipinski definition) is 3. The number of nitrogens with zero attached hydrogens (tertiary/aromatic N) is 2. The minimum atomic E-state index is -0.813. The summed E-state index contributed by atoms with van der Waals surface area (Å²) >= 11 is 0. The molecule has 0 bridgehead atoms. The molecule has 182 valence electrons. The van der Waals surface area contributed by atoms with E-state index in [0.29, 0.717) is 37.2 Å². The Bertz CT molecular complexity index is 846. The van der Waals surface area contributed by atoms with Crippen LogP contribution in [0.25, 0.3) is 0 Å². The smallest absolute Gasteiger partial charge is 0.190 e. The zero-order valence-corrected chi connectivity index (χ0v) is 21.6. The Morgan fingerprint density at radius 3 is 2.48 bits per heavy atom. The molecule has 3 rings (SSSR count). The van der Waals surface area contributed by atoms with Gasteiger partial charge in [-0.05, 0) is 42.9 Å². The molecule has 5 nitrogen and oxygen atoms in total. The molecule has 1 aliphatic heterocycles. The fourth-order valence-corrected chi connectivity index (χ4v) is 3.88. The quantitative estimate of drug-likeness (QED) is 0.192. The Morgan fingerprint density at radius 2 is 1.76 bits per heavy atom. The van der Waals surface area contributed by atoms with Crippen LogP contribution in [0.3, 0.4) is 0 Å². The number of rotatable bonds is 10. The van der Waals surface area contributed by atoms with Crippen LogP contribution in [0.2, 0.25) is 0 Å². The summed E-state index contributed by atoms with van der Waals surface area (Å²) in [7, 11) is 1.69. The van der Waals surface area contributed by atoms with Gasteiger partial charge in [0.1, 0.15) is 0 Å². The molecule has 0 saturated carbocycles. The van der Waals surface area contributed by atoms with Gasteiger partial charge < -0.3 is 15.4 Å². The minimum Gasteiger partial charge on any atom is -0.378 e. The van der Waals surface area contributed by atoms with E-state index in [4.69, 9.17) is 4.74 Å². The second-order valence-corrected chi connectivity index (χ2v) is 8.07. The van der Waals surface area contributed by atoms with Gasteiger partial charge in [0.15, 0.2) is 17.6 Å². The van der Waals surface area contributed by atoms with E-state index in [1.54, 1.807) is 13.1 Å². The summed E-state index contributed by atoms with van der Waals surface area (Å²) in [6.45, 7) is 5.07. The lowest BCUT2D eigenvalue weighted by Gasteiger charge is -2.32. The first-order valence-electron chi connectivity index (χ1n) is 11.4. The van der Waals surface area contributed by atoms with Gasteiger partial charge in [0, 0.05) is 46.4 Å². The van der Waals surface area contributed by atoms with Crippen molar-refractivity contribution in [3.8, 4) is 0 Å². The van der Waals surface area contributed by atoms with E-state index in [1.807, 2.05) is 0 Å². The normalized spacial score (nSPS) is 15.2. The van der Waals surface area contributed by atoms with E-state index in [-0.39, 0.29) is 24.0 Å². The molecule has 1 fully saturated rings. The molecule has 2 aromatic carbocycles. The number of piperidine rings is 1. The largest absolute Gasteiger partial charge is 0.378 e. The van der Waals surface area contributed by atoms with E-state index < -0.39 is 11.6 Å². The van der Waals surface area contributed by atoms with Crippen LogP contribution in [-0.2, 0) is 17.7 Å². The molecule has 33 heavy (non-hydrogen) atoms. The Hall–Kier alpha value is -1.78. The SMILES string of the molecule is CN=C(NCCCOC1CCN(Cc2ccccc2)CC1)NCCc1cccc(F)c1F.I. The first-order chi connectivity index (χ1) is 15.7. The van der Waals surface area contributed by atoms with Gasteiger partial charge in [-0.3, -0.25) is 9.89 Å². The summed E-state index contributed by atoms with van der Waals surface area (Å²) in [5.74, 6) is -0.941. The van der Waals surface area contributed by atoms with Crippen molar-refractivity contribution in [2.24, 2.45) is 4.99 Å². The van der Waals surface area contributed by atoms with Crippen LogP contribution in [0.5, 0.6) is 0 Å². The first-order valence-corrected chi connectivity index (χ1v) is 11.4. The third kappa shape index (κ3) is 9.54. The van der Waals surface area contributed by atoms with Crippen LogP contribution < -0.4 is 10.6 Å². The Balaban J connectivity index is 0.00000385. The fourth-order valence-electron chi connectivity index (χ4n) is 3.88. The molecule has 0 amide bonds. The number of nitrogens with one attached hydrogen (secondary N) is 2. The Labute approximate surface area is 213 Å². The third-order valence-corrected chi connectivity index (χ3v) is 5.69. The number of benzene rings is 2. The van der Waals surface area contributed by atoms with Crippen molar-refractivity contribution in [3.05, 3.63) is 71.3 Å². The fraction of sp³-hybridized carbons (Fsp3) is 0.480. The zero-order valence-electron chi connectivity index (χ0n) is 19.2. The van der Waals surface area contributed by atoms with E-state index in [1.165, 1.54) is 11.6 Å². The molecule has 0 radical (unpaired) electrons. The van der Waals surface area contributed by atoms with Crippen molar-refractivity contribution in [1.82, 2.24) is 15.5 Å². The van der Waals surface area contributed by atoms with Crippen molar-refractivity contribution < 1.29 is 13.5 Å². The molecule has 1 aliphatic rings. The van der Waals surface area contributed by atoms with Gasteiger partial charge >= 0.3 is 0 Å². The van der Waals surface area contributed by atoms with Gasteiger partial charge in [-0.15, -0.1) is 24.0 Å². The molecule has 0 spiro atoms. The molecule has 0 atom stereocenters. The maximum atomic E-state index is 13.7. The Kier molecular flexibility index (Phi) is 12.6. The summed E-state index contributed by atoms with van der Waals surface area (Å²) < 4.78 is 33.0. The molecular formula is C25H35F2IN4O. The number of halogens is 3. The lowest BCUT2D eigenvalue weighted by Crippen LogP contribution is -2.39. The number of guanidine groups is 1. The van der Waals surface area contributed by atoms with Crippen molar-refractivity contribution in [2.75, 3.05) is 39.8 Å². The van der Waals surface area contributed by atoms with Gasteiger partial charge in [0.2, 0.25) is 0 Å².